The lowest BCUT2D eigenvalue weighted by Gasteiger charge is -2.06. The monoisotopic (exact) mass is 334 g/mol. The number of nitrogens with one attached hydrogen (secondary N) is 1. The van der Waals surface area contributed by atoms with Gasteiger partial charge in [-0.2, -0.15) is 18.4 Å². The first-order valence-electron chi connectivity index (χ1n) is 6.53. The lowest BCUT2D eigenvalue weighted by molar-refractivity contribution is -0.385. The van der Waals surface area contributed by atoms with E-state index in [9.17, 15) is 18.5 Å². The van der Waals surface area contributed by atoms with E-state index in [2.05, 4.69) is 14.9 Å². The summed E-state index contributed by atoms with van der Waals surface area (Å²) in [6.07, 6.45) is 3.14. The highest BCUT2D eigenvalue weighted by Gasteiger charge is 2.19. The highest BCUT2D eigenvalue weighted by molar-refractivity contribution is 7.89. The second-order valence-electron chi connectivity index (χ2n) is 4.74. The highest BCUT2D eigenvalue weighted by atomic mass is 32.2. The maximum Gasteiger partial charge on any atom is 0.276 e. The number of aryl methyl sites for hydroxylation is 1. The molecule has 1 heterocycles. The summed E-state index contributed by atoms with van der Waals surface area (Å²) < 4.78 is 24.4. The molecule has 9 heteroatoms. The quantitative estimate of drug-likeness (QED) is 0.510. The van der Waals surface area contributed by atoms with Crippen LogP contribution in [0, 0.1) is 17.0 Å². The molecular formula is C14H14N4O4S. The Morgan fingerprint density at radius 1 is 1.35 bits per heavy atom. The number of nitrogens with zero attached hydrogens (tertiary/aromatic N) is 3. The molecule has 8 nitrogen and oxygen atoms in total. The van der Waals surface area contributed by atoms with E-state index in [1.165, 1.54) is 19.1 Å². The fraction of sp³-hybridized carbons (Fsp3) is 0.143. The average Bonchev–Trinajstić information content (AvgIpc) is 2.53. The molecule has 23 heavy (non-hydrogen) atoms. The Labute approximate surface area is 133 Å². The summed E-state index contributed by atoms with van der Waals surface area (Å²) in [7, 11) is -4.00. The van der Waals surface area contributed by atoms with Crippen molar-refractivity contribution in [3.8, 4) is 0 Å². The number of nitro benzene ring substituents is 1. The van der Waals surface area contributed by atoms with Gasteiger partial charge in [-0.05, 0) is 26.0 Å². The lowest BCUT2D eigenvalue weighted by Crippen LogP contribution is -2.20. The number of rotatable bonds is 5. The third-order valence-corrected chi connectivity index (χ3v) is 4.31. The van der Waals surface area contributed by atoms with E-state index < -0.39 is 14.9 Å². The van der Waals surface area contributed by atoms with Crippen molar-refractivity contribution in [2.45, 2.75) is 18.7 Å². The maximum atomic E-state index is 12.2. The summed E-state index contributed by atoms with van der Waals surface area (Å²) in [6.45, 7) is 3.16. The maximum absolute atomic E-state index is 12.2. The fourth-order valence-electron chi connectivity index (χ4n) is 1.78. The van der Waals surface area contributed by atoms with Gasteiger partial charge in [0, 0.05) is 29.6 Å². The van der Waals surface area contributed by atoms with Crippen molar-refractivity contribution in [3.05, 3.63) is 64.0 Å². The van der Waals surface area contributed by atoms with Gasteiger partial charge in [-0.1, -0.05) is 12.1 Å². The van der Waals surface area contributed by atoms with Crippen molar-refractivity contribution in [2.24, 2.45) is 5.10 Å². The molecule has 1 aromatic heterocycles. The van der Waals surface area contributed by atoms with Gasteiger partial charge in [0.2, 0.25) is 0 Å². The molecule has 0 saturated carbocycles. The summed E-state index contributed by atoms with van der Waals surface area (Å²) in [6, 6.07) is 7.11. The van der Waals surface area contributed by atoms with Gasteiger partial charge in [-0.3, -0.25) is 15.1 Å². The van der Waals surface area contributed by atoms with Crippen LogP contribution in [0.3, 0.4) is 0 Å². The summed E-state index contributed by atoms with van der Waals surface area (Å²) in [5, 5.41) is 14.7. The van der Waals surface area contributed by atoms with Gasteiger partial charge in [0.05, 0.1) is 15.5 Å². The van der Waals surface area contributed by atoms with Gasteiger partial charge in [0.1, 0.15) is 0 Å². The zero-order chi connectivity index (χ0) is 17.0. The predicted molar refractivity (Wildman–Crippen MR) is 84.6 cm³/mol. The highest BCUT2D eigenvalue weighted by Crippen LogP contribution is 2.22. The van der Waals surface area contributed by atoms with E-state index in [0.717, 1.165) is 6.07 Å². The Morgan fingerprint density at radius 3 is 2.70 bits per heavy atom. The molecular weight excluding hydrogens is 320 g/mol. The molecule has 0 aliphatic rings. The zero-order valence-corrected chi connectivity index (χ0v) is 13.2. The number of hydrazone groups is 1. The molecule has 0 aliphatic heterocycles. The van der Waals surface area contributed by atoms with Crippen molar-refractivity contribution in [3.63, 3.8) is 0 Å². The third kappa shape index (κ3) is 3.89. The van der Waals surface area contributed by atoms with E-state index in [1.54, 1.807) is 31.5 Å². The molecule has 0 bridgehead atoms. The molecule has 0 amide bonds. The summed E-state index contributed by atoms with van der Waals surface area (Å²) in [5.41, 5.74) is 1.19. The minimum absolute atomic E-state index is 0.225. The van der Waals surface area contributed by atoms with E-state index in [-0.39, 0.29) is 10.6 Å². The lowest BCUT2D eigenvalue weighted by atomic mass is 10.2. The Kier molecular flexibility index (Phi) is 4.70. The van der Waals surface area contributed by atoms with E-state index in [4.69, 9.17) is 0 Å². The van der Waals surface area contributed by atoms with Gasteiger partial charge in [0.25, 0.3) is 15.7 Å². The van der Waals surface area contributed by atoms with Crippen LogP contribution in [0.1, 0.15) is 18.1 Å². The molecule has 0 aliphatic carbocycles. The number of nitro groups is 1. The second-order valence-corrected chi connectivity index (χ2v) is 6.40. The number of hydrogen-bond acceptors (Lipinski definition) is 6. The Morgan fingerprint density at radius 2 is 2.09 bits per heavy atom. The van der Waals surface area contributed by atoms with Crippen molar-refractivity contribution < 1.29 is 13.3 Å². The van der Waals surface area contributed by atoms with Gasteiger partial charge < -0.3 is 0 Å². The van der Waals surface area contributed by atoms with Crippen LogP contribution in [0.15, 0.2) is 52.7 Å². The Bertz CT molecular complexity index is 864. The first kappa shape index (κ1) is 16.6. The van der Waals surface area contributed by atoms with Crippen LogP contribution in [-0.4, -0.2) is 24.0 Å². The Balaban J connectivity index is 2.29. The van der Waals surface area contributed by atoms with E-state index >= 15 is 0 Å². The van der Waals surface area contributed by atoms with Crippen molar-refractivity contribution >= 4 is 21.4 Å². The van der Waals surface area contributed by atoms with Gasteiger partial charge in [0.15, 0.2) is 0 Å². The predicted octanol–water partition coefficient (Wildman–Crippen LogP) is 2.00. The molecule has 120 valence electrons. The summed E-state index contributed by atoms with van der Waals surface area (Å²) in [5.74, 6) is 0. The number of pyridine rings is 1. The molecule has 0 atom stereocenters. The molecule has 0 unspecified atom stereocenters. The number of hydrogen-bond donors (Lipinski definition) is 1. The zero-order valence-electron chi connectivity index (χ0n) is 12.4. The standard InChI is InChI=1S/C14H14N4O4S/c1-10-5-6-13(8-14(10)18(19)20)23(21,22)17-16-11(2)12-4-3-7-15-9-12/h3-9,17H,1-2H3/b16-11-. The molecule has 1 N–H and O–H groups in total. The molecule has 0 saturated heterocycles. The average molecular weight is 334 g/mol. The summed E-state index contributed by atoms with van der Waals surface area (Å²) in [4.78, 5) is 16.0. The third-order valence-electron chi connectivity index (χ3n) is 3.10. The molecule has 0 spiro atoms. The van der Waals surface area contributed by atoms with Gasteiger partial charge >= 0.3 is 0 Å². The largest absolute Gasteiger partial charge is 0.276 e. The molecule has 2 aromatic rings. The van der Waals surface area contributed by atoms with Crippen molar-refractivity contribution in [2.75, 3.05) is 0 Å². The van der Waals surface area contributed by atoms with Crippen molar-refractivity contribution in [1.82, 2.24) is 9.82 Å². The number of aromatic nitrogens is 1. The number of benzene rings is 1. The SMILES string of the molecule is C/C(=N/NS(=O)(=O)c1ccc(C)c([N+](=O)[O-])c1)c1cccnc1. The number of sulfonamides is 1. The minimum Gasteiger partial charge on any atom is -0.264 e. The van der Waals surface area contributed by atoms with Crippen LogP contribution < -0.4 is 4.83 Å². The van der Waals surface area contributed by atoms with Gasteiger partial charge in [-0.15, -0.1) is 0 Å². The van der Waals surface area contributed by atoms with Crippen LogP contribution in [-0.2, 0) is 10.0 Å². The fourth-order valence-corrected chi connectivity index (χ4v) is 2.65. The second kappa shape index (κ2) is 6.53. The molecule has 0 radical (unpaired) electrons. The van der Waals surface area contributed by atoms with E-state index in [0.29, 0.717) is 16.8 Å². The van der Waals surface area contributed by atoms with Crippen LogP contribution >= 0.6 is 0 Å². The smallest absolute Gasteiger partial charge is 0.264 e. The first-order valence-corrected chi connectivity index (χ1v) is 8.01. The Hall–Kier alpha value is -2.81. The topological polar surface area (TPSA) is 115 Å². The molecule has 0 fully saturated rings. The normalized spacial score (nSPS) is 12.0. The summed E-state index contributed by atoms with van der Waals surface area (Å²) >= 11 is 0. The minimum atomic E-state index is -4.00. The molecule has 1 aromatic carbocycles. The van der Waals surface area contributed by atoms with Gasteiger partial charge in [-0.25, -0.2) is 0 Å². The van der Waals surface area contributed by atoms with E-state index in [1.807, 2.05) is 0 Å². The van der Waals surface area contributed by atoms with Crippen LogP contribution in [0.4, 0.5) is 5.69 Å². The van der Waals surface area contributed by atoms with Crippen LogP contribution in [0.2, 0.25) is 0 Å². The molecule has 2 rings (SSSR count). The van der Waals surface area contributed by atoms with Crippen LogP contribution in [0.25, 0.3) is 0 Å². The van der Waals surface area contributed by atoms with Crippen molar-refractivity contribution in [1.29, 1.82) is 0 Å². The van der Waals surface area contributed by atoms with Crippen LogP contribution in [0.5, 0.6) is 0 Å². The first-order chi connectivity index (χ1) is 10.8.